The number of hydrogen-bond donors (Lipinski definition) is 0. The van der Waals surface area contributed by atoms with Gasteiger partial charge in [-0.1, -0.05) is 25.7 Å². The predicted molar refractivity (Wildman–Crippen MR) is 45.7 cm³/mol. The first kappa shape index (κ1) is 8.63. The van der Waals surface area contributed by atoms with E-state index < -0.39 is 0 Å². The van der Waals surface area contributed by atoms with E-state index in [4.69, 9.17) is 0 Å². The van der Waals surface area contributed by atoms with Crippen LogP contribution in [-0.2, 0) is 5.11 Å². The highest BCUT2D eigenvalue weighted by atomic mass is 16.3. The molecule has 0 heterocycles. The van der Waals surface area contributed by atoms with Gasteiger partial charge in [0, 0.05) is 6.42 Å². The van der Waals surface area contributed by atoms with Crippen LogP contribution in [0.3, 0.4) is 0 Å². The zero-order chi connectivity index (χ0) is 7.94. The largest absolute Gasteiger partial charge is 0.295 e. The number of hydrogen-bond acceptors (Lipinski definition) is 0. The summed E-state index contributed by atoms with van der Waals surface area (Å²) >= 11 is 0. The Bertz CT molecular complexity index is 127. The Hall–Kier alpha value is -0.460. The molecular formula is C10H17O. The fraction of sp³-hybridized carbons (Fsp3) is 0.800. The minimum atomic E-state index is 0.368. The van der Waals surface area contributed by atoms with Crippen LogP contribution >= 0.6 is 0 Å². The molecule has 0 unspecified atom stereocenters. The summed E-state index contributed by atoms with van der Waals surface area (Å²) in [6.45, 7) is 0. The molecule has 1 radical (unpaired) electrons. The average Bonchev–Trinajstić information content (AvgIpc) is 2.03. The molecule has 11 heavy (non-hydrogen) atoms. The van der Waals surface area contributed by atoms with Gasteiger partial charge in [-0.25, -0.2) is 0 Å². The van der Waals surface area contributed by atoms with E-state index in [0.29, 0.717) is 5.76 Å². The summed E-state index contributed by atoms with van der Waals surface area (Å²) in [5.41, 5.74) is 0. The van der Waals surface area contributed by atoms with Crippen molar-refractivity contribution in [3.63, 3.8) is 0 Å². The lowest BCUT2D eigenvalue weighted by Gasteiger charge is -2.03. The molecule has 0 spiro atoms. The molecule has 0 amide bonds. The fourth-order valence-corrected chi connectivity index (χ4v) is 1.52. The lowest BCUT2D eigenvalue weighted by atomic mass is 10.0. The molecule has 1 rings (SSSR count). The van der Waals surface area contributed by atoms with Gasteiger partial charge in [-0.05, 0) is 25.3 Å². The van der Waals surface area contributed by atoms with Crippen molar-refractivity contribution in [2.24, 2.45) is 0 Å². The zero-order valence-electron chi connectivity index (χ0n) is 7.14. The summed E-state index contributed by atoms with van der Waals surface area (Å²) < 4.78 is 0. The first-order valence-electron chi connectivity index (χ1n) is 4.75. The second-order valence-electron chi connectivity index (χ2n) is 3.33. The highest BCUT2D eigenvalue weighted by molar-refractivity contribution is 4.90. The summed E-state index contributed by atoms with van der Waals surface area (Å²) in [5, 5.41) is 11.0. The fourth-order valence-electron chi connectivity index (χ4n) is 1.52. The molecule has 1 nitrogen and oxygen atoms in total. The molecule has 0 aromatic rings. The molecule has 0 saturated heterocycles. The van der Waals surface area contributed by atoms with Crippen molar-refractivity contribution < 1.29 is 5.11 Å². The van der Waals surface area contributed by atoms with E-state index in [0.717, 1.165) is 19.3 Å². The quantitative estimate of drug-likeness (QED) is 0.508. The number of rotatable bonds is 0. The lowest BCUT2D eigenvalue weighted by Crippen LogP contribution is -1.86. The van der Waals surface area contributed by atoms with Crippen LogP contribution in [0.4, 0.5) is 0 Å². The van der Waals surface area contributed by atoms with Gasteiger partial charge in [0.15, 0.2) is 5.76 Å². The summed E-state index contributed by atoms with van der Waals surface area (Å²) in [5.74, 6) is 0.368. The number of allylic oxidation sites excluding steroid dienone is 2. The third kappa shape index (κ3) is 4.07. The van der Waals surface area contributed by atoms with Gasteiger partial charge >= 0.3 is 0 Å². The highest BCUT2D eigenvalue weighted by Gasteiger charge is 1.99. The third-order valence-corrected chi connectivity index (χ3v) is 2.25. The predicted octanol–water partition coefficient (Wildman–Crippen LogP) is 3.44. The van der Waals surface area contributed by atoms with Crippen molar-refractivity contribution in [2.45, 2.75) is 51.4 Å². The minimum absolute atomic E-state index is 0.368. The highest BCUT2D eigenvalue weighted by Crippen LogP contribution is 2.15. The van der Waals surface area contributed by atoms with Gasteiger partial charge in [-0.2, -0.15) is 0 Å². The van der Waals surface area contributed by atoms with Crippen LogP contribution in [0, 0.1) is 0 Å². The van der Waals surface area contributed by atoms with E-state index in [2.05, 4.69) is 0 Å². The Morgan fingerprint density at radius 2 is 1.55 bits per heavy atom. The van der Waals surface area contributed by atoms with Crippen molar-refractivity contribution in [3.8, 4) is 0 Å². The summed E-state index contributed by atoms with van der Waals surface area (Å²) in [6.07, 6.45) is 11.3. The van der Waals surface area contributed by atoms with Crippen LogP contribution < -0.4 is 0 Å². The molecule has 0 fully saturated rings. The van der Waals surface area contributed by atoms with Gasteiger partial charge in [0.25, 0.3) is 0 Å². The van der Waals surface area contributed by atoms with Crippen molar-refractivity contribution in [1.29, 1.82) is 0 Å². The van der Waals surface area contributed by atoms with Gasteiger partial charge in [0.2, 0.25) is 0 Å². The van der Waals surface area contributed by atoms with Crippen molar-refractivity contribution in [2.75, 3.05) is 0 Å². The SMILES string of the molecule is [O]/C1=C/CCCCCCCC1. The van der Waals surface area contributed by atoms with E-state index >= 15 is 0 Å². The minimum Gasteiger partial charge on any atom is -0.295 e. The molecule has 0 aromatic carbocycles. The van der Waals surface area contributed by atoms with Crippen molar-refractivity contribution >= 4 is 0 Å². The molecular weight excluding hydrogens is 136 g/mol. The Labute approximate surface area is 69.1 Å². The topological polar surface area (TPSA) is 19.9 Å². The normalized spacial score (nSPS) is 27.1. The third-order valence-electron chi connectivity index (χ3n) is 2.25. The molecule has 1 heteroatoms. The van der Waals surface area contributed by atoms with Gasteiger partial charge in [-0.15, -0.1) is 0 Å². The van der Waals surface area contributed by atoms with Crippen LogP contribution in [-0.4, -0.2) is 0 Å². The van der Waals surface area contributed by atoms with Crippen LogP contribution in [0.2, 0.25) is 0 Å². The van der Waals surface area contributed by atoms with Crippen LogP contribution in [0.5, 0.6) is 0 Å². The zero-order valence-corrected chi connectivity index (χ0v) is 7.14. The van der Waals surface area contributed by atoms with E-state index in [1.165, 1.54) is 32.1 Å². The Balaban J connectivity index is 2.27. The average molecular weight is 153 g/mol. The van der Waals surface area contributed by atoms with Crippen LogP contribution in [0.1, 0.15) is 51.4 Å². The maximum Gasteiger partial charge on any atom is 0.151 e. The molecule has 0 atom stereocenters. The molecule has 63 valence electrons. The van der Waals surface area contributed by atoms with Gasteiger partial charge in [0.1, 0.15) is 0 Å². The van der Waals surface area contributed by atoms with Gasteiger partial charge in [0.05, 0.1) is 0 Å². The summed E-state index contributed by atoms with van der Waals surface area (Å²) in [6, 6.07) is 0. The molecule has 0 N–H and O–H groups in total. The van der Waals surface area contributed by atoms with E-state index in [1.807, 2.05) is 6.08 Å². The van der Waals surface area contributed by atoms with Crippen molar-refractivity contribution in [1.82, 2.24) is 0 Å². The van der Waals surface area contributed by atoms with E-state index in [1.54, 1.807) is 0 Å². The van der Waals surface area contributed by atoms with Gasteiger partial charge < -0.3 is 0 Å². The standard InChI is InChI=1S/C10H17O/c11-10-8-6-4-2-1-3-5-7-9-10/h8H,1-7,9H2/b10-8+. The molecule has 1 aliphatic rings. The smallest absolute Gasteiger partial charge is 0.151 e. The van der Waals surface area contributed by atoms with E-state index in [9.17, 15) is 5.11 Å². The summed E-state index contributed by atoms with van der Waals surface area (Å²) in [4.78, 5) is 0. The maximum absolute atomic E-state index is 11.0. The Morgan fingerprint density at radius 3 is 2.36 bits per heavy atom. The summed E-state index contributed by atoms with van der Waals surface area (Å²) in [7, 11) is 0. The molecule has 0 aromatic heterocycles. The lowest BCUT2D eigenvalue weighted by molar-refractivity contribution is 0.274. The Kier molecular flexibility index (Phi) is 4.10. The molecule has 0 aliphatic heterocycles. The van der Waals surface area contributed by atoms with Crippen LogP contribution in [0.25, 0.3) is 0 Å². The first-order chi connectivity index (χ1) is 5.39. The second-order valence-corrected chi connectivity index (χ2v) is 3.33. The monoisotopic (exact) mass is 153 g/mol. The van der Waals surface area contributed by atoms with Gasteiger partial charge in [-0.3, -0.25) is 5.11 Å². The van der Waals surface area contributed by atoms with Crippen LogP contribution in [0.15, 0.2) is 11.8 Å². The Morgan fingerprint density at radius 1 is 0.909 bits per heavy atom. The van der Waals surface area contributed by atoms with Crippen molar-refractivity contribution in [3.05, 3.63) is 11.8 Å². The molecule has 1 aliphatic carbocycles. The van der Waals surface area contributed by atoms with E-state index in [-0.39, 0.29) is 0 Å². The second kappa shape index (κ2) is 5.22. The first-order valence-corrected chi connectivity index (χ1v) is 4.75. The molecule has 0 saturated carbocycles. The molecule has 0 bridgehead atoms. The maximum atomic E-state index is 11.0.